The first-order chi connectivity index (χ1) is 15.8. The molecule has 3 aromatic carbocycles. The molecule has 1 unspecified atom stereocenters. The molecular weight excluding hydrogens is 514 g/mol. The summed E-state index contributed by atoms with van der Waals surface area (Å²) in [5.74, 6) is -3.83. The Morgan fingerprint density at radius 2 is 1.82 bits per heavy atom. The zero-order chi connectivity index (χ0) is 23.3. The summed E-state index contributed by atoms with van der Waals surface area (Å²) in [5, 5.41) is 14.2. The maximum Gasteiger partial charge on any atom is 0.268 e. The van der Waals surface area contributed by atoms with Crippen molar-refractivity contribution in [1.29, 1.82) is 0 Å². The molecule has 5 nitrogen and oxygen atoms in total. The molecule has 5 rings (SSSR count). The predicted octanol–water partition coefficient (Wildman–Crippen LogP) is 5.98. The highest BCUT2D eigenvalue weighted by Crippen LogP contribution is 2.37. The number of hydrogen-bond donors (Lipinski definition) is 1. The molecule has 2 amide bonds. The second-order valence-electron chi connectivity index (χ2n) is 7.56. The first-order valence-electron chi connectivity index (χ1n) is 9.88. The summed E-state index contributed by atoms with van der Waals surface area (Å²) in [5.41, 5.74) is -0.225. The van der Waals surface area contributed by atoms with E-state index in [1.54, 1.807) is 23.6 Å². The van der Waals surface area contributed by atoms with Gasteiger partial charge in [-0.15, -0.1) is 11.3 Å². The number of amides is 2. The summed E-state index contributed by atoms with van der Waals surface area (Å²) in [6.07, 6.45) is -1.18. The molecule has 1 N–H and O–H groups in total. The Labute approximate surface area is 199 Å². The lowest BCUT2D eigenvalue weighted by atomic mass is 9.98. The van der Waals surface area contributed by atoms with Crippen molar-refractivity contribution in [2.45, 2.75) is 6.17 Å². The fourth-order valence-corrected chi connectivity index (χ4v) is 5.50. The van der Waals surface area contributed by atoms with E-state index in [-0.39, 0.29) is 5.56 Å². The molecule has 9 heteroatoms. The van der Waals surface area contributed by atoms with Crippen molar-refractivity contribution in [3.05, 3.63) is 92.6 Å². The Balaban J connectivity index is 1.58. The zero-order valence-corrected chi connectivity index (χ0v) is 19.2. The number of fused-ring (bicyclic) bond motifs is 1. The first-order valence-corrected chi connectivity index (χ1v) is 11.6. The molecule has 1 atom stereocenters. The van der Waals surface area contributed by atoms with Crippen molar-refractivity contribution in [2.24, 2.45) is 0 Å². The van der Waals surface area contributed by atoms with Crippen LogP contribution in [-0.2, 0) is 4.79 Å². The maximum absolute atomic E-state index is 15.6. The Kier molecular flexibility index (Phi) is 5.48. The number of rotatable bonds is 3. The smallest absolute Gasteiger partial charge is 0.268 e. The van der Waals surface area contributed by atoms with Crippen molar-refractivity contribution in [3.8, 4) is 11.1 Å². The molecule has 0 spiro atoms. The van der Waals surface area contributed by atoms with Crippen molar-refractivity contribution in [2.75, 3.05) is 6.54 Å². The van der Waals surface area contributed by atoms with Gasteiger partial charge in [0.2, 0.25) is 0 Å². The minimum Gasteiger partial charge on any atom is -0.302 e. The largest absolute Gasteiger partial charge is 0.302 e. The van der Waals surface area contributed by atoms with E-state index in [1.165, 1.54) is 17.4 Å². The van der Waals surface area contributed by atoms with E-state index in [1.807, 2.05) is 30.3 Å². The number of nitrogens with zero attached hydrogens (tertiary/aromatic N) is 2. The SMILES string of the molecule is O=C1CN(C(=O)c2c(F)ccc(-c3ccc4ccccc4c3)c2F)C(c2cc(Br)cs2)N1O. The van der Waals surface area contributed by atoms with Crippen LogP contribution in [0.25, 0.3) is 21.9 Å². The Morgan fingerprint density at radius 1 is 1.06 bits per heavy atom. The van der Waals surface area contributed by atoms with Gasteiger partial charge < -0.3 is 4.90 Å². The summed E-state index contributed by atoms with van der Waals surface area (Å²) in [6.45, 7) is -0.505. The van der Waals surface area contributed by atoms with Gasteiger partial charge in [0, 0.05) is 15.4 Å². The van der Waals surface area contributed by atoms with Crippen molar-refractivity contribution in [3.63, 3.8) is 0 Å². The number of hydrogen-bond acceptors (Lipinski definition) is 4. The number of carbonyl (C=O) groups is 2. The number of hydroxylamine groups is 2. The molecule has 1 fully saturated rings. The standard InChI is InChI=1S/C24H15BrF2N2O3S/c25-16-10-19(33-12-16)23-28(11-20(30)29(23)32)24(31)21-18(26)8-7-17(22(21)27)15-6-5-13-3-1-2-4-14(13)9-15/h1-10,12,23,32H,11H2. The van der Waals surface area contributed by atoms with E-state index < -0.39 is 41.7 Å². The third-order valence-corrected chi connectivity index (χ3v) is 7.29. The lowest BCUT2D eigenvalue weighted by Gasteiger charge is -2.25. The summed E-state index contributed by atoms with van der Waals surface area (Å²) in [4.78, 5) is 26.9. The van der Waals surface area contributed by atoms with Gasteiger partial charge in [0.1, 0.15) is 23.7 Å². The molecule has 0 aliphatic carbocycles. The first kappa shape index (κ1) is 21.7. The second kappa shape index (κ2) is 8.33. The van der Waals surface area contributed by atoms with Gasteiger partial charge in [-0.25, -0.2) is 8.78 Å². The van der Waals surface area contributed by atoms with Crippen LogP contribution in [-0.4, -0.2) is 33.5 Å². The highest BCUT2D eigenvalue weighted by Gasteiger charge is 2.43. The van der Waals surface area contributed by atoms with Crippen LogP contribution in [0.3, 0.4) is 0 Å². The lowest BCUT2D eigenvalue weighted by molar-refractivity contribution is -0.168. The molecule has 0 bridgehead atoms. The van der Waals surface area contributed by atoms with Crippen LogP contribution in [0.15, 0.2) is 70.5 Å². The lowest BCUT2D eigenvalue weighted by Crippen LogP contribution is -2.35. The normalized spacial score (nSPS) is 16.1. The minimum absolute atomic E-state index is 0.0623. The molecule has 1 aliphatic heterocycles. The van der Waals surface area contributed by atoms with Crippen LogP contribution in [0, 0.1) is 11.6 Å². The summed E-state index contributed by atoms with van der Waals surface area (Å²) < 4.78 is 31.1. The maximum atomic E-state index is 15.6. The van der Waals surface area contributed by atoms with E-state index in [0.29, 0.717) is 20.0 Å². The average Bonchev–Trinajstić information content (AvgIpc) is 3.36. The number of thiophene rings is 1. The van der Waals surface area contributed by atoms with Crippen molar-refractivity contribution >= 4 is 49.9 Å². The number of benzene rings is 3. The molecule has 1 aromatic heterocycles. The number of carbonyl (C=O) groups excluding carboxylic acids is 2. The molecule has 166 valence electrons. The van der Waals surface area contributed by atoms with Crippen molar-refractivity contribution < 1.29 is 23.6 Å². The van der Waals surface area contributed by atoms with E-state index in [4.69, 9.17) is 0 Å². The van der Waals surface area contributed by atoms with E-state index in [2.05, 4.69) is 15.9 Å². The molecule has 33 heavy (non-hydrogen) atoms. The van der Waals surface area contributed by atoms with Gasteiger partial charge in [0.05, 0.1) is 4.88 Å². The van der Waals surface area contributed by atoms with Gasteiger partial charge >= 0.3 is 0 Å². The average molecular weight is 529 g/mol. The summed E-state index contributed by atoms with van der Waals surface area (Å²) >= 11 is 4.49. The topological polar surface area (TPSA) is 60.9 Å². The zero-order valence-electron chi connectivity index (χ0n) is 16.8. The number of halogens is 3. The minimum atomic E-state index is -1.18. The van der Waals surface area contributed by atoms with Gasteiger partial charge in [-0.3, -0.25) is 14.8 Å². The Morgan fingerprint density at radius 3 is 2.55 bits per heavy atom. The van der Waals surface area contributed by atoms with E-state index in [0.717, 1.165) is 21.7 Å². The van der Waals surface area contributed by atoms with Crippen LogP contribution in [0.2, 0.25) is 0 Å². The van der Waals surface area contributed by atoms with Crippen LogP contribution in [0.1, 0.15) is 21.4 Å². The third-order valence-electron chi connectivity index (χ3n) is 5.56. The molecule has 0 radical (unpaired) electrons. The molecule has 0 saturated carbocycles. The highest BCUT2D eigenvalue weighted by atomic mass is 79.9. The van der Waals surface area contributed by atoms with Gasteiger partial charge in [0.15, 0.2) is 6.17 Å². The highest BCUT2D eigenvalue weighted by molar-refractivity contribution is 9.10. The van der Waals surface area contributed by atoms with Crippen LogP contribution in [0.5, 0.6) is 0 Å². The van der Waals surface area contributed by atoms with E-state index in [9.17, 15) is 19.2 Å². The third kappa shape index (κ3) is 3.72. The van der Waals surface area contributed by atoms with Crippen LogP contribution in [0.4, 0.5) is 8.78 Å². The van der Waals surface area contributed by atoms with Crippen molar-refractivity contribution in [1.82, 2.24) is 9.96 Å². The van der Waals surface area contributed by atoms with Gasteiger partial charge in [0.25, 0.3) is 11.8 Å². The second-order valence-corrected chi connectivity index (χ2v) is 9.42. The fourth-order valence-electron chi connectivity index (χ4n) is 3.97. The predicted molar refractivity (Wildman–Crippen MR) is 124 cm³/mol. The molecular formula is C24H15BrF2N2O3S. The van der Waals surface area contributed by atoms with E-state index >= 15 is 4.39 Å². The Hall–Kier alpha value is -3.14. The van der Waals surface area contributed by atoms with Gasteiger partial charge in [-0.05, 0) is 56.5 Å². The quantitative estimate of drug-likeness (QED) is 0.332. The monoisotopic (exact) mass is 528 g/mol. The molecule has 1 aliphatic rings. The van der Waals surface area contributed by atoms with Crippen LogP contribution >= 0.6 is 27.3 Å². The summed E-state index contributed by atoms with van der Waals surface area (Å²) in [6, 6.07) is 16.8. The molecule has 1 saturated heterocycles. The van der Waals surface area contributed by atoms with Crippen LogP contribution < -0.4 is 0 Å². The van der Waals surface area contributed by atoms with Gasteiger partial charge in [-0.2, -0.15) is 5.06 Å². The van der Waals surface area contributed by atoms with Gasteiger partial charge in [-0.1, -0.05) is 36.4 Å². The fraction of sp³-hybridized carbons (Fsp3) is 0.0833. The summed E-state index contributed by atoms with van der Waals surface area (Å²) in [7, 11) is 0. The Bertz CT molecular complexity index is 1420. The molecule has 2 heterocycles. The molecule has 4 aromatic rings.